The van der Waals surface area contributed by atoms with E-state index >= 15 is 0 Å². The third kappa shape index (κ3) is 5.57. The van der Waals surface area contributed by atoms with Crippen molar-refractivity contribution in [2.45, 2.75) is 13.0 Å². The Labute approximate surface area is 159 Å². The molecule has 5 nitrogen and oxygen atoms in total. The standard InChI is InChI=1S/C22H23N3O2/c1-27-20-10-7-18(8-11-20)15-25-22(26)19-9-12-21(24-16-19)23-14-13-17-5-3-2-4-6-17/h2-12,16H,13-15H2,1H3,(H,23,24)(H,25,26). The van der Waals surface area contributed by atoms with Gasteiger partial charge in [0.15, 0.2) is 0 Å². The SMILES string of the molecule is COc1ccc(CNC(=O)c2ccc(NCCc3ccccc3)nc2)cc1. The number of amides is 1. The third-order valence-electron chi connectivity index (χ3n) is 4.20. The van der Waals surface area contributed by atoms with Crippen LogP contribution in [0.15, 0.2) is 72.9 Å². The number of carbonyl (C=O) groups is 1. The van der Waals surface area contributed by atoms with Gasteiger partial charge in [0.05, 0.1) is 12.7 Å². The Bertz CT molecular complexity index is 847. The number of hydrogen-bond donors (Lipinski definition) is 2. The van der Waals surface area contributed by atoms with Gasteiger partial charge < -0.3 is 15.4 Å². The van der Waals surface area contributed by atoms with Crippen molar-refractivity contribution < 1.29 is 9.53 Å². The van der Waals surface area contributed by atoms with Gasteiger partial charge in [-0.25, -0.2) is 4.98 Å². The lowest BCUT2D eigenvalue weighted by molar-refractivity contribution is 0.0950. The Morgan fingerprint density at radius 2 is 1.74 bits per heavy atom. The van der Waals surface area contributed by atoms with Crippen molar-refractivity contribution in [1.82, 2.24) is 10.3 Å². The number of rotatable bonds is 8. The molecule has 0 spiro atoms. The summed E-state index contributed by atoms with van der Waals surface area (Å²) in [5.41, 5.74) is 2.83. The van der Waals surface area contributed by atoms with Crippen LogP contribution in [0, 0.1) is 0 Å². The number of carbonyl (C=O) groups excluding carboxylic acids is 1. The van der Waals surface area contributed by atoms with E-state index in [0.717, 1.165) is 30.1 Å². The number of methoxy groups -OCH3 is 1. The molecule has 2 aromatic carbocycles. The van der Waals surface area contributed by atoms with E-state index in [0.29, 0.717) is 12.1 Å². The van der Waals surface area contributed by atoms with Gasteiger partial charge in [0.2, 0.25) is 0 Å². The molecule has 0 fully saturated rings. The van der Waals surface area contributed by atoms with E-state index in [1.54, 1.807) is 19.4 Å². The summed E-state index contributed by atoms with van der Waals surface area (Å²) in [4.78, 5) is 16.6. The monoisotopic (exact) mass is 361 g/mol. The van der Waals surface area contributed by atoms with Crippen molar-refractivity contribution in [2.24, 2.45) is 0 Å². The molecule has 0 atom stereocenters. The minimum atomic E-state index is -0.144. The highest BCUT2D eigenvalue weighted by molar-refractivity contribution is 5.94. The molecule has 1 heterocycles. The topological polar surface area (TPSA) is 63.2 Å². The van der Waals surface area contributed by atoms with Crippen LogP contribution in [0.2, 0.25) is 0 Å². The van der Waals surface area contributed by atoms with Gasteiger partial charge in [0.1, 0.15) is 11.6 Å². The molecular weight excluding hydrogens is 338 g/mol. The zero-order valence-corrected chi connectivity index (χ0v) is 15.3. The van der Waals surface area contributed by atoms with Crippen LogP contribution in [0.4, 0.5) is 5.82 Å². The summed E-state index contributed by atoms with van der Waals surface area (Å²) < 4.78 is 5.13. The van der Waals surface area contributed by atoms with Gasteiger partial charge in [-0.1, -0.05) is 42.5 Å². The number of aromatic nitrogens is 1. The Kier molecular flexibility index (Phi) is 6.41. The van der Waals surface area contributed by atoms with Gasteiger partial charge in [-0.3, -0.25) is 4.79 Å². The summed E-state index contributed by atoms with van der Waals surface area (Å²) in [7, 11) is 1.63. The van der Waals surface area contributed by atoms with Gasteiger partial charge in [-0.2, -0.15) is 0 Å². The minimum absolute atomic E-state index is 0.144. The number of pyridine rings is 1. The second kappa shape index (κ2) is 9.38. The molecule has 0 aliphatic rings. The van der Waals surface area contributed by atoms with Crippen LogP contribution in [0.1, 0.15) is 21.5 Å². The number of nitrogens with zero attached hydrogens (tertiary/aromatic N) is 1. The number of hydrogen-bond acceptors (Lipinski definition) is 4. The molecule has 3 rings (SSSR count). The second-order valence-electron chi connectivity index (χ2n) is 6.13. The third-order valence-corrected chi connectivity index (χ3v) is 4.20. The molecule has 0 saturated carbocycles. The number of ether oxygens (including phenoxy) is 1. The number of benzene rings is 2. The molecule has 2 N–H and O–H groups in total. The molecule has 0 unspecified atom stereocenters. The predicted molar refractivity (Wildman–Crippen MR) is 107 cm³/mol. The first-order valence-corrected chi connectivity index (χ1v) is 8.89. The fraction of sp³-hybridized carbons (Fsp3) is 0.182. The lowest BCUT2D eigenvalue weighted by Gasteiger charge is -2.08. The van der Waals surface area contributed by atoms with Crippen LogP contribution in [0.5, 0.6) is 5.75 Å². The largest absolute Gasteiger partial charge is 0.497 e. The first-order valence-electron chi connectivity index (χ1n) is 8.89. The van der Waals surface area contributed by atoms with E-state index in [2.05, 4.69) is 27.8 Å². The number of anilines is 1. The molecule has 138 valence electrons. The first kappa shape index (κ1) is 18.5. The second-order valence-corrected chi connectivity index (χ2v) is 6.13. The van der Waals surface area contributed by atoms with Crippen molar-refractivity contribution >= 4 is 11.7 Å². The first-order chi connectivity index (χ1) is 13.2. The van der Waals surface area contributed by atoms with E-state index in [4.69, 9.17) is 4.74 Å². The van der Waals surface area contributed by atoms with Crippen molar-refractivity contribution in [2.75, 3.05) is 19.0 Å². The molecule has 1 aromatic heterocycles. The van der Waals surface area contributed by atoms with E-state index in [1.165, 1.54) is 5.56 Å². The van der Waals surface area contributed by atoms with E-state index in [9.17, 15) is 4.79 Å². The summed E-state index contributed by atoms with van der Waals surface area (Å²) in [6, 6.07) is 21.5. The maximum absolute atomic E-state index is 12.3. The normalized spacial score (nSPS) is 10.3. The van der Waals surface area contributed by atoms with Gasteiger partial charge in [-0.15, -0.1) is 0 Å². The highest BCUT2D eigenvalue weighted by atomic mass is 16.5. The Morgan fingerprint density at radius 3 is 2.41 bits per heavy atom. The van der Waals surface area contributed by atoms with Crippen molar-refractivity contribution in [3.05, 3.63) is 89.6 Å². The maximum Gasteiger partial charge on any atom is 0.253 e. The minimum Gasteiger partial charge on any atom is -0.497 e. The van der Waals surface area contributed by atoms with Gasteiger partial charge >= 0.3 is 0 Å². The van der Waals surface area contributed by atoms with Gasteiger partial charge in [-0.05, 0) is 41.8 Å². The van der Waals surface area contributed by atoms with Crippen LogP contribution in [0.25, 0.3) is 0 Å². The van der Waals surface area contributed by atoms with Gasteiger partial charge in [0.25, 0.3) is 5.91 Å². The lowest BCUT2D eigenvalue weighted by Crippen LogP contribution is -2.23. The van der Waals surface area contributed by atoms with Crippen molar-refractivity contribution in [1.29, 1.82) is 0 Å². The fourth-order valence-corrected chi connectivity index (χ4v) is 2.64. The number of nitrogens with one attached hydrogen (secondary N) is 2. The molecule has 27 heavy (non-hydrogen) atoms. The van der Waals surface area contributed by atoms with E-state index in [-0.39, 0.29) is 5.91 Å². The Balaban J connectivity index is 1.46. The molecule has 1 amide bonds. The highest BCUT2D eigenvalue weighted by Gasteiger charge is 2.06. The fourth-order valence-electron chi connectivity index (χ4n) is 2.64. The van der Waals surface area contributed by atoms with Crippen LogP contribution < -0.4 is 15.4 Å². The summed E-state index contributed by atoms with van der Waals surface area (Å²) in [6.45, 7) is 1.25. The molecule has 0 bridgehead atoms. The van der Waals surface area contributed by atoms with Crippen LogP contribution in [0.3, 0.4) is 0 Å². The molecule has 0 aliphatic carbocycles. The summed E-state index contributed by atoms with van der Waals surface area (Å²) in [5.74, 6) is 1.41. The highest BCUT2D eigenvalue weighted by Crippen LogP contribution is 2.11. The smallest absolute Gasteiger partial charge is 0.253 e. The average molecular weight is 361 g/mol. The summed E-state index contributed by atoms with van der Waals surface area (Å²) in [5, 5.41) is 6.17. The van der Waals surface area contributed by atoms with E-state index < -0.39 is 0 Å². The Hall–Kier alpha value is -3.34. The van der Waals surface area contributed by atoms with Gasteiger partial charge in [0, 0.05) is 19.3 Å². The molecule has 5 heteroatoms. The summed E-state index contributed by atoms with van der Waals surface area (Å²) >= 11 is 0. The van der Waals surface area contributed by atoms with Crippen LogP contribution in [-0.2, 0) is 13.0 Å². The zero-order chi connectivity index (χ0) is 18.9. The van der Waals surface area contributed by atoms with Crippen molar-refractivity contribution in [3.63, 3.8) is 0 Å². The molecule has 3 aromatic rings. The van der Waals surface area contributed by atoms with Crippen molar-refractivity contribution in [3.8, 4) is 5.75 Å². The molecule has 0 radical (unpaired) electrons. The molecular formula is C22H23N3O2. The van der Waals surface area contributed by atoms with E-state index in [1.807, 2.05) is 48.5 Å². The predicted octanol–water partition coefficient (Wildman–Crippen LogP) is 3.67. The zero-order valence-electron chi connectivity index (χ0n) is 15.3. The lowest BCUT2D eigenvalue weighted by atomic mass is 10.1. The average Bonchev–Trinajstić information content (AvgIpc) is 2.73. The van der Waals surface area contributed by atoms with Crippen LogP contribution >= 0.6 is 0 Å². The summed E-state index contributed by atoms with van der Waals surface area (Å²) in [6.07, 6.45) is 2.51. The molecule has 0 saturated heterocycles. The van der Waals surface area contributed by atoms with Crippen LogP contribution in [-0.4, -0.2) is 24.5 Å². The quantitative estimate of drug-likeness (QED) is 0.642. The maximum atomic E-state index is 12.3. The molecule has 0 aliphatic heterocycles. The Morgan fingerprint density at radius 1 is 0.963 bits per heavy atom.